The van der Waals surface area contributed by atoms with E-state index in [-0.39, 0.29) is 12.0 Å². The first-order chi connectivity index (χ1) is 6.40. The van der Waals surface area contributed by atoms with Crippen molar-refractivity contribution in [1.82, 2.24) is 10.6 Å². The van der Waals surface area contributed by atoms with Gasteiger partial charge >= 0.3 is 0 Å². The van der Waals surface area contributed by atoms with Crippen molar-refractivity contribution in [3.05, 3.63) is 0 Å². The fourth-order valence-corrected chi connectivity index (χ4v) is 1.14. The predicted octanol–water partition coefficient (Wildman–Crippen LogP) is 0.262. The van der Waals surface area contributed by atoms with Gasteiger partial charge in [-0.2, -0.15) is 0 Å². The summed E-state index contributed by atoms with van der Waals surface area (Å²) in [6.45, 7) is 8.64. The van der Waals surface area contributed by atoms with Gasteiger partial charge < -0.3 is 15.7 Å². The molecule has 0 aromatic heterocycles. The van der Waals surface area contributed by atoms with E-state index in [1.54, 1.807) is 6.92 Å². The maximum atomic E-state index is 11.6. The van der Waals surface area contributed by atoms with Crippen LogP contribution < -0.4 is 10.6 Å². The molecule has 0 radical (unpaired) electrons. The molecule has 0 fully saturated rings. The maximum absolute atomic E-state index is 11.6. The summed E-state index contributed by atoms with van der Waals surface area (Å²) in [5, 5.41) is 14.9. The molecule has 14 heavy (non-hydrogen) atoms. The minimum absolute atomic E-state index is 0.0278. The summed E-state index contributed by atoms with van der Waals surface area (Å²) in [6.07, 6.45) is 0.228. The zero-order valence-corrected chi connectivity index (χ0v) is 9.55. The third kappa shape index (κ3) is 5.19. The smallest absolute Gasteiger partial charge is 0.239 e. The monoisotopic (exact) mass is 202 g/mol. The molecule has 0 aliphatic rings. The van der Waals surface area contributed by atoms with Crippen molar-refractivity contribution in [2.24, 2.45) is 0 Å². The molecule has 4 heteroatoms. The third-order valence-corrected chi connectivity index (χ3v) is 2.03. The van der Waals surface area contributed by atoms with Gasteiger partial charge in [-0.1, -0.05) is 6.92 Å². The molecule has 0 aromatic carbocycles. The van der Waals surface area contributed by atoms with Gasteiger partial charge in [-0.25, -0.2) is 0 Å². The van der Waals surface area contributed by atoms with Crippen molar-refractivity contribution in [3.63, 3.8) is 0 Å². The van der Waals surface area contributed by atoms with Crippen LogP contribution in [0.4, 0.5) is 0 Å². The molecule has 3 N–H and O–H groups in total. The first-order valence-corrected chi connectivity index (χ1v) is 5.11. The van der Waals surface area contributed by atoms with E-state index in [9.17, 15) is 4.79 Å². The second kappa shape index (κ2) is 5.98. The van der Waals surface area contributed by atoms with Crippen molar-refractivity contribution < 1.29 is 9.90 Å². The van der Waals surface area contributed by atoms with Gasteiger partial charge in [0.15, 0.2) is 0 Å². The number of hydrogen-bond donors (Lipinski definition) is 3. The zero-order chi connectivity index (χ0) is 11.2. The van der Waals surface area contributed by atoms with E-state index in [1.165, 1.54) is 0 Å². The number of rotatable bonds is 6. The van der Waals surface area contributed by atoms with Gasteiger partial charge in [0.05, 0.1) is 11.6 Å². The Morgan fingerprint density at radius 2 is 2.07 bits per heavy atom. The van der Waals surface area contributed by atoms with Crippen molar-refractivity contribution in [3.8, 4) is 0 Å². The van der Waals surface area contributed by atoms with Crippen LogP contribution in [0, 0.1) is 0 Å². The Balaban J connectivity index is 3.83. The zero-order valence-electron chi connectivity index (χ0n) is 9.55. The predicted molar refractivity (Wildman–Crippen MR) is 57.1 cm³/mol. The second-order valence-corrected chi connectivity index (χ2v) is 4.05. The van der Waals surface area contributed by atoms with Crippen LogP contribution in [0.3, 0.4) is 0 Å². The lowest BCUT2D eigenvalue weighted by molar-refractivity contribution is -0.126. The molecule has 84 valence electrons. The average Bonchev–Trinajstić information content (AvgIpc) is 2.03. The summed E-state index contributed by atoms with van der Waals surface area (Å²) in [6, 6.07) is 0. The first kappa shape index (κ1) is 13.4. The summed E-state index contributed by atoms with van der Waals surface area (Å²) in [4.78, 5) is 11.6. The van der Waals surface area contributed by atoms with Crippen molar-refractivity contribution in [1.29, 1.82) is 0 Å². The number of hydrogen-bond acceptors (Lipinski definition) is 3. The number of likely N-dealkylation sites (N-methyl/N-ethyl adjacent to an activating group) is 1. The number of aliphatic hydroxyl groups is 1. The van der Waals surface area contributed by atoms with Crippen LogP contribution in [0.2, 0.25) is 0 Å². The normalized spacial score (nSPS) is 13.8. The Bertz CT molecular complexity index is 179. The molecule has 0 aliphatic carbocycles. The van der Waals surface area contributed by atoms with Gasteiger partial charge in [-0.05, 0) is 33.7 Å². The summed E-state index contributed by atoms with van der Waals surface area (Å²) in [5.74, 6) is -0.0278. The number of nitrogens with one attached hydrogen (secondary N) is 2. The molecule has 4 nitrogen and oxygen atoms in total. The minimum atomic E-state index is -0.534. The fourth-order valence-electron chi connectivity index (χ4n) is 1.14. The number of aliphatic hydroxyl groups excluding tert-OH is 1. The van der Waals surface area contributed by atoms with E-state index in [2.05, 4.69) is 10.6 Å². The molecule has 0 spiro atoms. The van der Waals surface area contributed by atoms with E-state index in [0.29, 0.717) is 13.0 Å². The summed E-state index contributed by atoms with van der Waals surface area (Å²) in [7, 11) is 0. The highest BCUT2D eigenvalue weighted by Crippen LogP contribution is 2.01. The van der Waals surface area contributed by atoms with E-state index in [0.717, 1.165) is 6.54 Å². The molecular formula is C10H22N2O2. The van der Waals surface area contributed by atoms with Crippen LogP contribution in [0.5, 0.6) is 0 Å². The lowest BCUT2D eigenvalue weighted by Gasteiger charge is -2.24. The third-order valence-electron chi connectivity index (χ3n) is 2.03. The Labute approximate surface area is 86.1 Å². The molecule has 0 rings (SSSR count). The largest absolute Gasteiger partial charge is 0.393 e. The Kier molecular flexibility index (Phi) is 5.72. The van der Waals surface area contributed by atoms with Crippen LogP contribution in [-0.2, 0) is 4.79 Å². The lowest BCUT2D eigenvalue weighted by atomic mass is 10.0. The molecule has 0 bridgehead atoms. The Morgan fingerprint density at radius 3 is 2.50 bits per heavy atom. The van der Waals surface area contributed by atoms with E-state index in [1.807, 2.05) is 20.8 Å². The van der Waals surface area contributed by atoms with Gasteiger partial charge in [-0.3, -0.25) is 4.79 Å². The SMILES string of the molecule is CCNC(C)(C)C(=O)NCCC(C)O. The van der Waals surface area contributed by atoms with E-state index < -0.39 is 5.54 Å². The average molecular weight is 202 g/mol. The number of carbonyl (C=O) groups is 1. The maximum Gasteiger partial charge on any atom is 0.239 e. The van der Waals surface area contributed by atoms with Crippen LogP contribution in [0.15, 0.2) is 0 Å². The number of amides is 1. The summed E-state index contributed by atoms with van der Waals surface area (Å²) in [5.41, 5.74) is -0.534. The molecule has 0 heterocycles. The quantitative estimate of drug-likeness (QED) is 0.579. The molecule has 0 saturated heterocycles. The minimum Gasteiger partial charge on any atom is -0.393 e. The molecule has 0 aliphatic heterocycles. The van der Waals surface area contributed by atoms with Crippen LogP contribution in [0.25, 0.3) is 0 Å². The molecule has 0 saturated carbocycles. The molecule has 1 unspecified atom stereocenters. The van der Waals surface area contributed by atoms with Crippen LogP contribution >= 0.6 is 0 Å². The summed E-state index contributed by atoms with van der Waals surface area (Å²) >= 11 is 0. The first-order valence-electron chi connectivity index (χ1n) is 5.11. The van der Waals surface area contributed by atoms with Crippen molar-refractivity contribution >= 4 is 5.91 Å². The van der Waals surface area contributed by atoms with Crippen molar-refractivity contribution in [2.75, 3.05) is 13.1 Å². The lowest BCUT2D eigenvalue weighted by Crippen LogP contribution is -2.52. The molecular weight excluding hydrogens is 180 g/mol. The molecule has 1 amide bonds. The van der Waals surface area contributed by atoms with Gasteiger partial charge in [-0.15, -0.1) is 0 Å². The topological polar surface area (TPSA) is 61.4 Å². The second-order valence-electron chi connectivity index (χ2n) is 4.05. The van der Waals surface area contributed by atoms with Crippen molar-refractivity contribution in [2.45, 2.75) is 45.8 Å². The fraction of sp³-hybridized carbons (Fsp3) is 0.900. The highest BCUT2D eigenvalue weighted by molar-refractivity contribution is 5.85. The van der Waals surface area contributed by atoms with E-state index >= 15 is 0 Å². The van der Waals surface area contributed by atoms with Crippen LogP contribution in [0.1, 0.15) is 34.1 Å². The summed E-state index contributed by atoms with van der Waals surface area (Å²) < 4.78 is 0. The Morgan fingerprint density at radius 1 is 1.50 bits per heavy atom. The van der Waals surface area contributed by atoms with Crippen LogP contribution in [-0.4, -0.2) is 35.7 Å². The number of carbonyl (C=O) groups excluding carboxylic acids is 1. The molecule has 0 aromatic rings. The van der Waals surface area contributed by atoms with Gasteiger partial charge in [0.2, 0.25) is 5.91 Å². The van der Waals surface area contributed by atoms with E-state index in [4.69, 9.17) is 5.11 Å². The van der Waals surface area contributed by atoms with Gasteiger partial charge in [0.25, 0.3) is 0 Å². The molecule has 1 atom stereocenters. The standard InChI is InChI=1S/C10H22N2O2/c1-5-12-10(3,4)9(14)11-7-6-8(2)13/h8,12-13H,5-7H2,1-4H3,(H,11,14). The highest BCUT2D eigenvalue weighted by atomic mass is 16.3. The Hall–Kier alpha value is -0.610. The van der Waals surface area contributed by atoms with Gasteiger partial charge in [0.1, 0.15) is 0 Å². The highest BCUT2D eigenvalue weighted by Gasteiger charge is 2.25. The van der Waals surface area contributed by atoms with Gasteiger partial charge in [0, 0.05) is 6.54 Å².